The van der Waals surface area contributed by atoms with Gasteiger partial charge < -0.3 is 16.0 Å². The van der Waals surface area contributed by atoms with Crippen molar-refractivity contribution in [3.8, 4) is 0 Å². The van der Waals surface area contributed by atoms with Crippen molar-refractivity contribution in [1.82, 2.24) is 16.0 Å². The molecular weight excluding hydrogens is 242 g/mol. The average molecular weight is 269 g/mol. The van der Waals surface area contributed by atoms with Crippen LogP contribution in [-0.2, 0) is 9.59 Å². The Morgan fingerprint density at radius 2 is 1.95 bits per heavy atom. The zero-order valence-electron chi connectivity index (χ0n) is 12.5. The van der Waals surface area contributed by atoms with Gasteiger partial charge in [-0.1, -0.05) is 20.8 Å². The molecule has 1 fully saturated rings. The van der Waals surface area contributed by atoms with Crippen LogP contribution in [0.3, 0.4) is 0 Å². The van der Waals surface area contributed by atoms with Gasteiger partial charge in [0.2, 0.25) is 11.8 Å². The van der Waals surface area contributed by atoms with Gasteiger partial charge in [0.05, 0.1) is 6.54 Å². The summed E-state index contributed by atoms with van der Waals surface area (Å²) in [5.74, 6) is -0.180. The Bertz CT molecular complexity index is 323. The summed E-state index contributed by atoms with van der Waals surface area (Å²) >= 11 is 0. The first-order chi connectivity index (χ1) is 8.78. The maximum atomic E-state index is 11.8. The molecule has 1 saturated heterocycles. The second kappa shape index (κ2) is 6.89. The van der Waals surface area contributed by atoms with Gasteiger partial charge in [0.1, 0.15) is 0 Å². The molecule has 5 heteroatoms. The summed E-state index contributed by atoms with van der Waals surface area (Å²) < 4.78 is 0. The van der Waals surface area contributed by atoms with E-state index < -0.39 is 0 Å². The van der Waals surface area contributed by atoms with Gasteiger partial charge in [0.15, 0.2) is 0 Å². The highest BCUT2D eigenvalue weighted by Crippen LogP contribution is 2.17. The van der Waals surface area contributed by atoms with Crippen LogP contribution in [0.4, 0.5) is 0 Å². The lowest BCUT2D eigenvalue weighted by atomic mass is 9.92. The van der Waals surface area contributed by atoms with E-state index in [2.05, 4.69) is 22.9 Å². The van der Waals surface area contributed by atoms with Crippen LogP contribution in [-0.4, -0.2) is 37.0 Å². The summed E-state index contributed by atoms with van der Waals surface area (Å²) in [7, 11) is 0. The molecule has 0 saturated carbocycles. The van der Waals surface area contributed by atoms with E-state index in [4.69, 9.17) is 0 Å². The maximum Gasteiger partial charge on any atom is 0.239 e. The van der Waals surface area contributed by atoms with Gasteiger partial charge in [0, 0.05) is 18.5 Å². The number of amides is 2. The number of nitrogens with one attached hydrogen (secondary N) is 3. The third kappa shape index (κ3) is 6.57. The third-order valence-electron chi connectivity index (χ3n) is 3.25. The number of piperidine rings is 1. The normalized spacial score (nSPS) is 23.8. The largest absolute Gasteiger partial charge is 0.350 e. The fourth-order valence-electron chi connectivity index (χ4n) is 2.22. The molecule has 2 atom stereocenters. The van der Waals surface area contributed by atoms with E-state index in [9.17, 15) is 9.59 Å². The lowest BCUT2D eigenvalue weighted by Crippen LogP contribution is -2.53. The predicted molar refractivity (Wildman–Crippen MR) is 75.7 cm³/mol. The van der Waals surface area contributed by atoms with Crippen molar-refractivity contribution in [2.24, 2.45) is 5.41 Å². The lowest BCUT2D eigenvalue weighted by molar-refractivity contribution is -0.127. The Morgan fingerprint density at radius 1 is 1.26 bits per heavy atom. The van der Waals surface area contributed by atoms with Crippen molar-refractivity contribution in [2.45, 2.75) is 59.0 Å². The van der Waals surface area contributed by atoms with Crippen molar-refractivity contribution < 1.29 is 9.59 Å². The highest BCUT2D eigenvalue weighted by Gasteiger charge is 2.22. The second-order valence-electron chi connectivity index (χ2n) is 6.57. The molecule has 0 spiro atoms. The Kier molecular flexibility index (Phi) is 5.79. The first-order valence-corrected chi connectivity index (χ1v) is 7.07. The summed E-state index contributed by atoms with van der Waals surface area (Å²) in [6.07, 6.45) is 2.50. The average Bonchev–Trinajstić information content (AvgIpc) is 2.27. The maximum absolute atomic E-state index is 11.8. The molecule has 1 aliphatic heterocycles. The summed E-state index contributed by atoms with van der Waals surface area (Å²) in [5.41, 5.74) is -0.0532. The number of hydrogen-bond donors (Lipinski definition) is 3. The first kappa shape index (κ1) is 16.0. The molecule has 5 nitrogen and oxygen atoms in total. The van der Waals surface area contributed by atoms with Crippen LogP contribution in [0.1, 0.15) is 47.0 Å². The van der Waals surface area contributed by atoms with Crippen LogP contribution in [0, 0.1) is 5.41 Å². The molecule has 1 aliphatic rings. The Hall–Kier alpha value is -1.10. The number of rotatable bonds is 4. The predicted octanol–water partition coefficient (Wildman–Crippen LogP) is 0.795. The minimum Gasteiger partial charge on any atom is -0.350 e. The van der Waals surface area contributed by atoms with Crippen LogP contribution in [0.2, 0.25) is 0 Å². The van der Waals surface area contributed by atoms with E-state index in [1.807, 2.05) is 20.8 Å². The molecule has 110 valence electrons. The zero-order chi connectivity index (χ0) is 14.5. The molecule has 0 bridgehead atoms. The summed E-state index contributed by atoms with van der Waals surface area (Å²) in [4.78, 5) is 23.4. The quantitative estimate of drug-likeness (QED) is 0.707. The van der Waals surface area contributed by atoms with E-state index in [1.54, 1.807) is 0 Å². The van der Waals surface area contributed by atoms with Crippen LogP contribution < -0.4 is 16.0 Å². The molecule has 0 aromatic rings. The van der Waals surface area contributed by atoms with Gasteiger partial charge in [-0.3, -0.25) is 9.59 Å². The summed E-state index contributed by atoms with van der Waals surface area (Å²) in [6.45, 7) is 9.16. The number of carbonyl (C=O) groups is 2. The molecule has 1 rings (SSSR count). The molecule has 19 heavy (non-hydrogen) atoms. The van der Waals surface area contributed by atoms with Gasteiger partial charge in [-0.25, -0.2) is 0 Å². The smallest absolute Gasteiger partial charge is 0.239 e. The zero-order valence-corrected chi connectivity index (χ0v) is 12.5. The summed E-state index contributed by atoms with van der Waals surface area (Å²) in [5, 5.41) is 8.97. The van der Waals surface area contributed by atoms with E-state index in [-0.39, 0.29) is 29.8 Å². The van der Waals surface area contributed by atoms with Crippen LogP contribution >= 0.6 is 0 Å². The monoisotopic (exact) mass is 269 g/mol. The first-order valence-electron chi connectivity index (χ1n) is 7.07. The lowest BCUT2D eigenvalue weighted by Gasteiger charge is -2.30. The van der Waals surface area contributed by atoms with Crippen molar-refractivity contribution in [1.29, 1.82) is 0 Å². The minimum absolute atomic E-state index is 0.0532. The topological polar surface area (TPSA) is 70.2 Å². The molecule has 0 aromatic carbocycles. The fraction of sp³-hybridized carbons (Fsp3) is 0.857. The molecular formula is C14H27N3O2. The SMILES string of the molecule is CC1NCCCC1NC(=O)CNC(=O)CC(C)(C)C. The third-order valence-corrected chi connectivity index (χ3v) is 3.25. The van der Waals surface area contributed by atoms with E-state index in [1.165, 1.54) is 0 Å². The Labute approximate surface area is 115 Å². The van der Waals surface area contributed by atoms with Crippen molar-refractivity contribution >= 4 is 11.8 Å². The molecule has 3 N–H and O–H groups in total. The summed E-state index contributed by atoms with van der Waals surface area (Å²) in [6, 6.07) is 0.462. The second-order valence-corrected chi connectivity index (χ2v) is 6.57. The number of hydrogen-bond acceptors (Lipinski definition) is 3. The van der Waals surface area contributed by atoms with Gasteiger partial charge in [-0.05, 0) is 31.7 Å². The Morgan fingerprint density at radius 3 is 2.53 bits per heavy atom. The number of carbonyl (C=O) groups excluding carboxylic acids is 2. The molecule has 0 aromatic heterocycles. The molecule has 1 heterocycles. The van der Waals surface area contributed by atoms with Crippen LogP contribution in [0.5, 0.6) is 0 Å². The highest BCUT2D eigenvalue weighted by atomic mass is 16.2. The fourth-order valence-corrected chi connectivity index (χ4v) is 2.22. The van der Waals surface area contributed by atoms with Gasteiger partial charge >= 0.3 is 0 Å². The van der Waals surface area contributed by atoms with Crippen molar-refractivity contribution in [2.75, 3.05) is 13.1 Å². The van der Waals surface area contributed by atoms with Crippen molar-refractivity contribution in [3.05, 3.63) is 0 Å². The molecule has 0 radical (unpaired) electrons. The molecule has 0 aliphatic carbocycles. The van der Waals surface area contributed by atoms with Gasteiger partial charge in [-0.15, -0.1) is 0 Å². The van der Waals surface area contributed by atoms with Crippen LogP contribution in [0.25, 0.3) is 0 Å². The van der Waals surface area contributed by atoms with Crippen molar-refractivity contribution in [3.63, 3.8) is 0 Å². The minimum atomic E-state index is -0.109. The highest BCUT2D eigenvalue weighted by molar-refractivity contribution is 5.85. The van der Waals surface area contributed by atoms with E-state index in [0.29, 0.717) is 12.5 Å². The van der Waals surface area contributed by atoms with Crippen LogP contribution in [0.15, 0.2) is 0 Å². The van der Waals surface area contributed by atoms with E-state index >= 15 is 0 Å². The van der Waals surface area contributed by atoms with Gasteiger partial charge in [0.25, 0.3) is 0 Å². The Balaban J connectivity index is 2.26. The molecule has 2 amide bonds. The van der Waals surface area contributed by atoms with E-state index in [0.717, 1.165) is 19.4 Å². The standard InChI is InChI=1S/C14H27N3O2/c1-10-11(6-5-7-15-10)17-13(19)9-16-12(18)8-14(2,3)4/h10-11,15H,5-9H2,1-4H3,(H,16,18)(H,17,19). The molecule has 2 unspecified atom stereocenters. The van der Waals surface area contributed by atoms with Gasteiger partial charge in [-0.2, -0.15) is 0 Å².